The Kier molecular flexibility index (Phi) is 3.36. The van der Waals surface area contributed by atoms with Gasteiger partial charge in [0.25, 0.3) is 5.91 Å². The SMILES string of the molecule is O=C1COc2ccc(S(=O)(=O)N3CCOCC3)cc2N1. The van der Waals surface area contributed by atoms with Crippen molar-refractivity contribution in [3.63, 3.8) is 0 Å². The largest absolute Gasteiger partial charge is 0.482 e. The molecule has 0 aliphatic carbocycles. The van der Waals surface area contributed by atoms with Crippen LogP contribution in [0.2, 0.25) is 0 Å². The first-order valence-corrected chi connectivity index (χ1v) is 7.66. The molecule has 0 spiro atoms. The number of carbonyl (C=O) groups excluding carboxylic acids is 1. The highest BCUT2D eigenvalue weighted by atomic mass is 32.2. The highest BCUT2D eigenvalue weighted by molar-refractivity contribution is 7.89. The number of hydrogen-bond donors (Lipinski definition) is 1. The van der Waals surface area contributed by atoms with E-state index in [1.165, 1.54) is 16.4 Å². The van der Waals surface area contributed by atoms with E-state index < -0.39 is 10.0 Å². The Morgan fingerprint density at radius 3 is 2.70 bits per heavy atom. The number of rotatable bonds is 2. The summed E-state index contributed by atoms with van der Waals surface area (Å²) >= 11 is 0. The molecule has 0 radical (unpaired) electrons. The summed E-state index contributed by atoms with van der Waals surface area (Å²) in [6.45, 7) is 1.40. The van der Waals surface area contributed by atoms with Crippen LogP contribution >= 0.6 is 0 Å². The van der Waals surface area contributed by atoms with E-state index in [0.29, 0.717) is 37.7 Å². The Labute approximate surface area is 116 Å². The molecular weight excluding hydrogens is 284 g/mol. The number of benzene rings is 1. The van der Waals surface area contributed by atoms with Gasteiger partial charge in [-0.15, -0.1) is 0 Å². The molecule has 0 saturated carbocycles. The first kappa shape index (κ1) is 13.3. The summed E-state index contributed by atoms with van der Waals surface area (Å²) in [5.41, 5.74) is 0.385. The van der Waals surface area contributed by atoms with Crippen molar-refractivity contribution in [2.24, 2.45) is 0 Å². The van der Waals surface area contributed by atoms with Crippen LogP contribution in [0.25, 0.3) is 0 Å². The third kappa shape index (κ3) is 2.37. The van der Waals surface area contributed by atoms with Crippen LogP contribution < -0.4 is 10.1 Å². The molecule has 2 aliphatic rings. The number of hydrogen-bond acceptors (Lipinski definition) is 5. The van der Waals surface area contributed by atoms with Crippen molar-refractivity contribution in [3.8, 4) is 5.75 Å². The van der Waals surface area contributed by atoms with Gasteiger partial charge in [0.15, 0.2) is 6.61 Å². The van der Waals surface area contributed by atoms with E-state index in [1.807, 2.05) is 0 Å². The van der Waals surface area contributed by atoms with Gasteiger partial charge >= 0.3 is 0 Å². The summed E-state index contributed by atoms with van der Waals surface area (Å²) in [5, 5.41) is 2.60. The minimum atomic E-state index is -3.57. The lowest BCUT2D eigenvalue weighted by atomic mass is 10.2. The maximum atomic E-state index is 12.5. The van der Waals surface area contributed by atoms with Crippen molar-refractivity contribution in [2.45, 2.75) is 4.90 Å². The molecule has 0 unspecified atom stereocenters. The molecule has 2 heterocycles. The molecule has 0 bridgehead atoms. The average molecular weight is 298 g/mol. The van der Waals surface area contributed by atoms with Gasteiger partial charge in [0.1, 0.15) is 5.75 Å². The molecule has 0 aromatic heterocycles. The van der Waals surface area contributed by atoms with Gasteiger partial charge in [-0.25, -0.2) is 8.42 Å². The molecule has 7 nitrogen and oxygen atoms in total. The molecule has 0 atom stereocenters. The van der Waals surface area contributed by atoms with E-state index in [0.717, 1.165) is 0 Å². The molecule has 108 valence electrons. The van der Waals surface area contributed by atoms with Crippen LogP contribution in [0.1, 0.15) is 0 Å². The smallest absolute Gasteiger partial charge is 0.262 e. The van der Waals surface area contributed by atoms with Gasteiger partial charge in [-0.3, -0.25) is 4.79 Å². The summed E-state index contributed by atoms with van der Waals surface area (Å²) in [6.07, 6.45) is 0. The van der Waals surface area contributed by atoms with Gasteiger partial charge in [0.05, 0.1) is 23.8 Å². The van der Waals surface area contributed by atoms with Gasteiger partial charge in [0.2, 0.25) is 10.0 Å². The maximum absolute atomic E-state index is 12.5. The van der Waals surface area contributed by atoms with Crippen molar-refractivity contribution in [1.29, 1.82) is 0 Å². The first-order valence-electron chi connectivity index (χ1n) is 6.22. The van der Waals surface area contributed by atoms with Crippen LogP contribution in [0.5, 0.6) is 5.75 Å². The maximum Gasteiger partial charge on any atom is 0.262 e. The molecule has 1 N–H and O–H groups in total. The van der Waals surface area contributed by atoms with Gasteiger partial charge in [0, 0.05) is 13.1 Å². The minimum absolute atomic E-state index is 0.0530. The number of sulfonamides is 1. The lowest BCUT2D eigenvalue weighted by molar-refractivity contribution is -0.118. The zero-order chi connectivity index (χ0) is 14.2. The first-order chi connectivity index (χ1) is 9.57. The number of amides is 1. The van der Waals surface area contributed by atoms with Crippen LogP contribution in [-0.2, 0) is 19.6 Å². The number of ether oxygens (including phenoxy) is 2. The summed E-state index contributed by atoms with van der Waals surface area (Å²) in [6, 6.07) is 4.47. The Morgan fingerprint density at radius 2 is 1.95 bits per heavy atom. The number of nitrogens with zero attached hydrogens (tertiary/aromatic N) is 1. The number of morpholine rings is 1. The van der Waals surface area contributed by atoms with Crippen molar-refractivity contribution in [1.82, 2.24) is 4.31 Å². The second kappa shape index (κ2) is 5.04. The quantitative estimate of drug-likeness (QED) is 0.833. The van der Waals surface area contributed by atoms with E-state index in [9.17, 15) is 13.2 Å². The molecule has 8 heteroatoms. The second-order valence-electron chi connectivity index (χ2n) is 4.51. The third-order valence-corrected chi connectivity index (χ3v) is 5.09. The Balaban J connectivity index is 1.93. The van der Waals surface area contributed by atoms with Crippen LogP contribution in [-0.4, -0.2) is 51.5 Å². The van der Waals surface area contributed by atoms with Gasteiger partial charge in [-0.1, -0.05) is 0 Å². The number of nitrogens with one attached hydrogen (secondary N) is 1. The van der Waals surface area contributed by atoms with Crippen LogP contribution in [0.4, 0.5) is 5.69 Å². The molecule has 1 amide bonds. The lowest BCUT2D eigenvalue weighted by Gasteiger charge is -2.26. The second-order valence-corrected chi connectivity index (χ2v) is 6.45. The molecule has 2 aliphatic heterocycles. The monoisotopic (exact) mass is 298 g/mol. The van der Waals surface area contributed by atoms with Gasteiger partial charge < -0.3 is 14.8 Å². The van der Waals surface area contributed by atoms with E-state index in [-0.39, 0.29) is 17.4 Å². The normalized spacial score (nSPS) is 19.9. The molecule has 1 aromatic carbocycles. The summed E-state index contributed by atoms with van der Waals surface area (Å²) in [5.74, 6) is 0.184. The van der Waals surface area contributed by atoms with Crippen molar-refractivity contribution in [3.05, 3.63) is 18.2 Å². The Morgan fingerprint density at radius 1 is 1.20 bits per heavy atom. The van der Waals surface area contributed by atoms with Gasteiger partial charge in [-0.2, -0.15) is 4.31 Å². The van der Waals surface area contributed by atoms with Crippen molar-refractivity contribution < 1.29 is 22.7 Å². The summed E-state index contributed by atoms with van der Waals surface area (Å²) in [4.78, 5) is 11.4. The van der Waals surface area contributed by atoms with Crippen LogP contribution in [0.3, 0.4) is 0 Å². The van der Waals surface area contributed by atoms with Crippen molar-refractivity contribution in [2.75, 3.05) is 38.2 Å². The van der Waals surface area contributed by atoms with Crippen molar-refractivity contribution >= 4 is 21.6 Å². The van der Waals surface area contributed by atoms with E-state index in [1.54, 1.807) is 6.07 Å². The topological polar surface area (TPSA) is 84.9 Å². The summed E-state index contributed by atoms with van der Waals surface area (Å²) in [7, 11) is -3.57. The van der Waals surface area contributed by atoms with E-state index in [4.69, 9.17) is 9.47 Å². The summed E-state index contributed by atoms with van der Waals surface area (Å²) < 4.78 is 36.7. The lowest BCUT2D eigenvalue weighted by Crippen LogP contribution is -2.40. The predicted molar refractivity (Wildman–Crippen MR) is 70.1 cm³/mol. The fraction of sp³-hybridized carbons (Fsp3) is 0.417. The fourth-order valence-electron chi connectivity index (χ4n) is 2.16. The third-order valence-electron chi connectivity index (χ3n) is 3.19. The van der Waals surface area contributed by atoms with Crippen LogP contribution in [0, 0.1) is 0 Å². The number of anilines is 1. The number of fused-ring (bicyclic) bond motifs is 1. The molecular formula is C12H14N2O5S. The molecule has 3 rings (SSSR count). The Hall–Kier alpha value is -1.64. The van der Waals surface area contributed by atoms with E-state index >= 15 is 0 Å². The van der Waals surface area contributed by atoms with Gasteiger partial charge in [-0.05, 0) is 18.2 Å². The molecule has 1 saturated heterocycles. The zero-order valence-corrected chi connectivity index (χ0v) is 11.5. The highest BCUT2D eigenvalue weighted by Gasteiger charge is 2.28. The zero-order valence-electron chi connectivity index (χ0n) is 10.7. The standard InChI is InChI=1S/C12H14N2O5S/c15-12-8-19-11-2-1-9(7-10(11)13-12)20(16,17)14-3-5-18-6-4-14/h1-2,7H,3-6,8H2,(H,13,15). The minimum Gasteiger partial charge on any atom is -0.482 e. The van der Waals surface area contributed by atoms with E-state index in [2.05, 4.69) is 5.32 Å². The average Bonchev–Trinajstić information content (AvgIpc) is 2.47. The molecule has 1 aromatic rings. The Bertz CT molecular complexity index is 637. The highest BCUT2D eigenvalue weighted by Crippen LogP contribution is 2.31. The molecule has 1 fully saturated rings. The van der Waals surface area contributed by atoms with Crippen LogP contribution in [0.15, 0.2) is 23.1 Å². The molecule has 20 heavy (non-hydrogen) atoms. The fourth-order valence-corrected chi connectivity index (χ4v) is 3.59. The predicted octanol–water partition coefficient (Wildman–Crippen LogP) is 0.0384. The number of carbonyl (C=O) groups is 1.